The molecule has 1 spiro atoms. The number of anilines is 1. The van der Waals surface area contributed by atoms with Gasteiger partial charge in [-0.15, -0.1) is 0 Å². The van der Waals surface area contributed by atoms with E-state index in [0.717, 1.165) is 16.8 Å². The van der Waals surface area contributed by atoms with Crippen LogP contribution in [0.2, 0.25) is 0 Å². The summed E-state index contributed by atoms with van der Waals surface area (Å²) in [5.41, 5.74) is 0.824. The van der Waals surface area contributed by atoms with E-state index < -0.39 is 21.0 Å². The Morgan fingerprint density at radius 1 is 0.971 bits per heavy atom. The normalized spacial score (nSPS) is 22.1. The molecule has 2 atom stereocenters. The van der Waals surface area contributed by atoms with Crippen LogP contribution in [0.15, 0.2) is 66.7 Å². The van der Waals surface area contributed by atoms with Gasteiger partial charge in [-0.2, -0.15) is 0 Å². The van der Waals surface area contributed by atoms with E-state index in [1.807, 2.05) is 55.3 Å². The highest BCUT2D eigenvalue weighted by Gasteiger charge is 2.61. The first-order valence-corrected chi connectivity index (χ1v) is 10.6. The summed E-state index contributed by atoms with van der Waals surface area (Å²) >= 11 is 0. The van der Waals surface area contributed by atoms with Crippen LogP contribution in [0.25, 0.3) is 6.08 Å². The molecule has 34 heavy (non-hydrogen) atoms. The van der Waals surface area contributed by atoms with Gasteiger partial charge < -0.3 is 14.4 Å². The lowest BCUT2D eigenvalue weighted by Crippen LogP contribution is -2.59. The maximum absolute atomic E-state index is 11.6. The number of benzene rings is 3. The Bertz CT molecular complexity index is 1370. The molecule has 0 radical (unpaired) electrons. The average molecular weight is 459 g/mol. The van der Waals surface area contributed by atoms with Crippen LogP contribution < -0.4 is 14.4 Å². The van der Waals surface area contributed by atoms with Crippen LogP contribution in [-0.2, 0) is 5.41 Å². The smallest absolute Gasteiger partial charge is 0.274 e. The van der Waals surface area contributed by atoms with E-state index in [9.17, 15) is 20.2 Å². The summed E-state index contributed by atoms with van der Waals surface area (Å²) < 4.78 is 12.2. The zero-order chi connectivity index (χ0) is 24.3. The number of hydrogen-bond donors (Lipinski definition) is 0. The van der Waals surface area contributed by atoms with Gasteiger partial charge in [0.15, 0.2) is 11.5 Å². The highest BCUT2D eigenvalue weighted by atomic mass is 16.6. The number of hydrogen-bond acceptors (Lipinski definition) is 7. The van der Waals surface area contributed by atoms with E-state index in [-0.39, 0.29) is 17.1 Å². The largest absolute Gasteiger partial charge is 0.493 e. The lowest BCUT2D eigenvalue weighted by Gasteiger charge is -2.47. The first-order valence-electron chi connectivity index (χ1n) is 10.6. The van der Waals surface area contributed by atoms with E-state index in [0.29, 0.717) is 11.3 Å². The maximum Gasteiger partial charge on any atom is 0.274 e. The Balaban J connectivity index is 1.78. The molecule has 3 aromatic rings. The molecule has 0 amide bonds. The number of non-ortho nitro benzene ring substituents is 2. The van der Waals surface area contributed by atoms with Crippen LogP contribution in [0, 0.1) is 20.2 Å². The number of nitro benzene ring substituents is 2. The topological polar surface area (TPSA) is 108 Å². The molecule has 5 rings (SSSR count). The molecular formula is C25H21N3O6. The van der Waals surface area contributed by atoms with Crippen LogP contribution >= 0.6 is 0 Å². The van der Waals surface area contributed by atoms with Gasteiger partial charge in [-0.25, -0.2) is 0 Å². The van der Waals surface area contributed by atoms with Crippen molar-refractivity contribution in [1.29, 1.82) is 0 Å². The Morgan fingerprint density at radius 3 is 2.32 bits per heavy atom. The third-order valence-electron chi connectivity index (χ3n) is 6.90. The molecule has 2 aliphatic heterocycles. The fourth-order valence-electron chi connectivity index (χ4n) is 5.11. The summed E-state index contributed by atoms with van der Waals surface area (Å²) in [6.45, 7) is 1.99. The molecule has 0 saturated heterocycles. The lowest BCUT2D eigenvalue weighted by molar-refractivity contribution is -0.385. The summed E-state index contributed by atoms with van der Waals surface area (Å²) in [4.78, 5) is 24.1. The first-order chi connectivity index (χ1) is 16.2. The molecule has 0 saturated carbocycles. The first kappa shape index (κ1) is 21.4. The predicted molar refractivity (Wildman–Crippen MR) is 126 cm³/mol. The second kappa shape index (κ2) is 7.31. The number of nitrogens with zero attached hydrogens (tertiary/aromatic N) is 3. The molecule has 0 aliphatic carbocycles. The van der Waals surface area contributed by atoms with Crippen LogP contribution in [-0.4, -0.2) is 29.7 Å². The summed E-state index contributed by atoms with van der Waals surface area (Å²) in [6, 6.07) is 17.2. The van der Waals surface area contributed by atoms with Crippen molar-refractivity contribution >= 4 is 23.1 Å². The number of likely N-dealkylation sites (N-methyl/N-ethyl adjacent to an activating group) is 1. The molecule has 9 heteroatoms. The Labute approximate surface area is 195 Å². The van der Waals surface area contributed by atoms with Crippen molar-refractivity contribution in [1.82, 2.24) is 0 Å². The van der Waals surface area contributed by atoms with Crippen molar-refractivity contribution in [3.8, 4) is 11.5 Å². The standard InChI is InChI=1S/C25H21N3O6/c1-24(17-7-5-4-6-8-17)20-14-18(27(29)30)9-10-21(20)26(2)25(24)12-11-16-13-19(28(31)32)15-22(33-3)23(16)34-25/h4-15H,1-3H3. The zero-order valence-electron chi connectivity index (χ0n) is 18.7. The van der Waals surface area contributed by atoms with E-state index >= 15 is 0 Å². The fourth-order valence-corrected chi connectivity index (χ4v) is 5.11. The van der Waals surface area contributed by atoms with Gasteiger partial charge in [-0.05, 0) is 36.3 Å². The lowest BCUT2D eigenvalue weighted by atomic mass is 9.69. The van der Waals surface area contributed by atoms with Gasteiger partial charge in [0.2, 0.25) is 5.72 Å². The van der Waals surface area contributed by atoms with Crippen LogP contribution in [0.3, 0.4) is 0 Å². The molecule has 2 heterocycles. The van der Waals surface area contributed by atoms with Crippen molar-refractivity contribution in [2.24, 2.45) is 0 Å². The quantitative estimate of drug-likeness (QED) is 0.396. The van der Waals surface area contributed by atoms with E-state index in [4.69, 9.17) is 9.47 Å². The number of fused-ring (bicyclic) bond motifs is 2. The number of ether oxygens (including phenoxy) is 2. The molecule has 172 valence electrons. The van der Waals surface area contributed by atoms with E-state index in [1.165, 1.54) is 25.3 Å². The summed E-state index contributed by atoms with van der Waals surface area (Å²) in [6.07, 6.45) is 3.64. The van der Waals surface area contributed by atoms with Gasteiger partial charge in [-0.1, -0.05) is 30.3 Å². The van der Waals surface area contributed by atoms with Crippen molar-refractivity contribution in [3.63, 3.8) is 0 Å². The monoisotopic (exact) mass is 459 g/mol. The van der Waals surface area contributed by atoms with Crippen LogP contribution in [0.1, 0.15) is 23.6 Å². The van der Waals surface area contributed by atoms with Crippen molar-refractivity contribution in [3.05, 3.63) is 104 Å². The van der Waals surface area contributed by atoms with Gasteiger partial charge in [0, 0.05) is 36.5 Å². The predicted octanol–water partition coefficient (Wildman–Crippen LogP) is 5.07. The SMILES string of the molecule is COc1cc([N+](=O)[O-])cc2c1OC1(C=C2)N(C)c2ccc([N+](=O)[O-])cc2C1(C)c1ccccc1. The summed E-state index contributed by atoms with van der Waals surface area (Å²) in [5.74, 6) is 0.602. The minimum absolute atomic E-state index is 0.0141. The van der Waals surface area contributed by atoms with Gasteiger partial charge in [-0.3, -0.25) is 20.2 Å². The second-order valence-electron chi connectivity index (χ2n) is 8.46. The highest BCUT2D eigenvalue weighted by Crippen LogP contribution is 2.59. The second-order valence-corrected chi connectivity index (χ2v) is 8.46. The molecule has 0 N–H and O–H groups in total. The van der Waals surface area contributed by atoms with E-state index in [1.54, 1.807) is 18.2 Å². The van der Waals surface area contributed by atoms with Gasteiger partial charge in [0.1, 0.15) is 0 Å². The highest BCUT2D eigenvalue weighted by molar-refractivity contribution is 5.77. The third kappa shape index (κ3) is 2.73. The molecular weight excluding hydrogens is 438 g/mol. The van der Waals surface area contributed by atoms with Crippen LogP contribution in [0.5, 0.6) is 11.5 Å². The molecule has 2 aliphatic rings. The molecule has 0 bridgehead atoms. The van der Waals surface area contributed by atoms with E-state index in [2.05, 4.69) is 0 Å². The molecule has 9 nitrogen and oxygen atoms in total. The minimum Gasteiger partial charge on any atom is -0.493 e. The molecule has 0 aromatic heterocycles. The van der Waals surface area contributed by atoms with Crippen molar-refractivity contribution in [2.75, 3.05) is 19.1 Å². The van der Waals surface area contributed by atoms with Gasteiger partial charge >= 0.3 is 0 Å². The fraction of sp³-hybridized carbons (Fsp3) is 0.200. The average Bonchev–Trinajstić information content (AvgIpc) is 3.03. The Hall–Kier alpha value is -4.40. The minimum atomic E-state index is -1.12. The Kier molecular flexibility index (Phi) is 4.61. The van der Waals surface area contributed by atoms with Gasteiger partial charge in [0.25, 0.3) is 11.4 Å². The molecule has 0 fully saturated rings. The summed E-state index contributed by atoms with van der Waals surface area (Å²) in [7, 11) is 3.30. The number of rotatable bonds is 4. The van der Waals surface area contributed by atoms with Crippen molar-refractivity contribution in [2.45, 2.75) is 18.1 Å². The third-order valence-corrected chi connectivity index (χ3v) is 6.90. The van der Waals surface area contributed by atoms with Crippen LogP contribution in [0.4, 0.5) is 17.1 Å². The zero-order valence-corrected chi connectivity index (χ0v) is 18.7. The molecule has 2 unspecified atom stereocenters. The van der Waals surface area contributed by atoms with Gasteiger partial charge in [0.05, 0.1) is 28.4 Å². The Morgan fingerprint density at radius 2 is 1.68 bits per heavy atom. The molecule has 3 aromatic carbocycles. The number of nitro groups is 2. The maximum atomic E-state index is 11.6. The summed E-state index contributed by atoms with van der Waals surface area (Å²) in [5, 5.41) is 23.0. The van der Waals surface area contributed by atoms with Crippen molar-refractivity contribution < 1.29 is 19.3 Å². The number of methoxy groups -OCH3 is 1.